The molecule has 1 atom stereocenters. The summed E-state index contributed by atoms with van der Waals surface area (Å²) in [6.07, 6.45) is 2.76. The zero-order valence-corrected chi connectivity index (χ0v) is 12.3. The maximum absolute atomic E-state index is 11.4. The summed E-state index contributed by atoms with van der Waals surface area (Å²) in [5, 5.41) is 9.30. The maximum atomic E-state index is 11.4. The highest BCUT2D eigenvalue weighted by Crippen LogP contribution is 2.07. The number of esters is 2. The van der Waals surface area contributed by atoms with Crippen LogP contribution in [0.1, 0.15) is 6.42 Å². The van der Waals surface area contributed by atoms with Crippen LogP contribution in [0.2, 0.25) is 0 Å². The lowest BCUT2D eigenvalue weighted by atomic mass is 10.1. The normalized spacial score (nSPS) is 17.6. The molecule has 0 aromatic heterocycles. The van der Waals surface area contributed by atoms with Crippen molar-refractivity contribution >= 4 is 11.9 Å². The van der Waals surface area contributed by atoms with Gasteiger partial charge in [0.05, 0.1) is 26.9 Å². The van der Waals surface area contributed by atoms with Gasteiger partial charge in [-0.15, -0.1) is 0 Å². The van der Waals surface area contributed by atoms with E-state index in [0.29, 0.717) is 0 Å². The van der Waals surface area contributed by atoms with Gasteiger partial charge in [0.1, 0.15) is 0 Å². The van der Waals surface area contributed by atoms with Crippen molar-refractivity contribution in [1.82, 2.24) is 4.90 Å². The minimum absolute atomic E-state index is 0.0433. The third-order valence-electron chi connectivity index (χ3n) is 3.23. The Balaban J connectivity index is 2.22. The zero-order valence-electron chi connectivity index (χ0n) is 12.3. The molecule has 7 nitrogen and oxygen atoms in total. The van der Waals surface area contributed by atoms with Crippen LogP contribution >= 0.6 is 0 Å². The first-order valence-electron chi connectivity index (χ1n) is 6.99. The monoisotopic (exact) mass is 301 g/mol. The van der Waals surface area contributed by atoms with E-state index in [1.165, 1.54) is 7.11 Å². The zero-order chi connectivity index (χ0) is 15.5. The van der Waals surface area contributed by atoms with E-state index in [-0.39, 0.29) is 19.1 Å². The molecule has 0 saturated carbocycles. The van der Waals surface area contributed by atoms with Gasteiger partial charge in [-0.3, -0.25) is 4.90 Å². The molecule has 1 unspecified atom stereocenters. The number of aliphatic hydroxyl groups is 1. The average Bonchev–Trinajstić information content (AvgIpc) is 2.53. The van der Waals surface area contributed by atoms with E-state index in [0.717, 1.165) is 51.4 Å². The van der Waals surface area contributed by atoms with Crippen molar-refractivity contribution in [3.63, 3.8) is 0 Å². The molecule has 0 aliphatic carbocycles. The molecule has 0 aromatic carbocycles. The number of morpholine rings is 1. The first-order valence-corrected chi connectivity index (χ1v) is 6.99. The highest BCUT2D eigenvalue weighted by Gasteiger charge is 2.15. The number of nitrogens with zero attached hydrogens (tertiary/aromatic N) is 1. The lowest BCUT2D eigenvalue weighted by molar-refractivity contribution is -0.140. The van der Waals surface area contributed by atoms with Crippen molar-refractivity contribution in [1.29, 1.82) is 0 Å². The fraction of sp³-hybridized carbons (Fsp3) is 0.714. The number of carbonyl (C=O) groups excluding carboxylic acids is 2. The molecule has 1 saturated heterocycles. The molecule has 0 amide bonds. The summed E-state index contributed by atoms with van der Waals surface area (Å²) in [5.41, 5.74) is 0. The summed E-state index contributed by atoms with van der Waals surface area (Å²) in [6.45, 7) is 4.17. The van der Waals surface area contributed by atoms with Gasteiger partial charge in [0.25, 0.3) is 0 Å². The van der Waals surface area contributed by atoms with Gasteiger partial charge >= 0.3 is 11.9 Å². The Kier molecular flexibility index (Phi) is 8.65. The van der Waals surface area contributed by atoms with Crippen LogP contribution < -0.4 is 0 Å². The second-order valence-corrected chi connectivity index (χ2v) is 4.78. The Hall–Kier alpha value is -1.44. The first-order chi connectivity index (χ1) is 10.2. The number of carbonyl (C=O) groups is 2. The van der Waals surface area contributed by atoms with E-state index in [2.05, 4.69) is 9.64 Å². The van der Waals surface area contributed by atoms with Crippen molar-refractivity contribution < 1.29 is 28.9 Å². The summed E-state index contributed by atoms with van der Waals surface area (Å²) in [5.74, 6) is -1.34. The van der Waals surface area contributed by atoms with E-state index in [1.54, 1.807) is 0 Å². The summed E-state index contributed by atoms with van der Waals surface area (Å²) >= 11 is 0. The van der Waals surface area contributed by atoms with E-state index >= 15 is 0 Å². The molecule has 120 valence electrons. The molecule has 0 radical (unpaired) electrons. The Morgan fingerprint density at radius 2 is 1.95 bits per heavy atom. The number of aliphatic hydroxyl groups excluding tert-OH is 1. The van der Waals surface area contributed by atoms with Crippen LogP contribution in [-0.4, -0.2) is 75.1 Å². The predicted octanol–water partition coefficient (Wildman–Crippen LogP) is -0.410. The molecule has 0 spiro atoms. The second-order valence-electron chi connectivity index (χ2n) is 4.78. The Morgan fingerprint density at radius 3 is 2.57 bits per heavy atom. The van der Waals surface area contributed by atoms with Gasteiger partial charge < -0.3 is 19.3 Å². The van der Waals surface area contributed by atoms with Crippen LogP contribution in [0.25, 0.3) is 0 Å². The molecule has 0 aromatic rings. The minimum atomic E-state index is -0.620. The number of hydrogen-bond donors (Lipinski definition) is 1. The van der Waals surface area contributed by atoms with Crippen molar-refractivity contribution in [2.45, 2.75) is 6.42 Å². The maximum Gasteiger partial charge on any atom is 0.331 e. The first kappa shape index (κ1) is 17.6. The molecule has 21 heavy (non-hydrogen) atoms. The van der Waals surface area contributed by atoms with Crippen LogP contribution in [0, 0.1) is 5.92 Å². The van der Waals surface area contributed by atoms with E-state index < -0.39 is 11.9 Å². The van der Waals surface area contributed by atoms with Crippen LogP contribution in [0.4, 0.5) is 0 Å². The minimum Gasteiger partial charge on any atom is -0.466 e. The lowest BCUT2D eigenvalue weighted by Gasteiger charge is -2.27. The Labute approximate surface area is 124 Å². The highest BCUT2D eigenvalue weighted by atomic mass is 16.5. The summed E-state index contributed by atoms with van der Waals surface area (Å²) in [6, 6.07) is 0. The molecule has 1 fully saturated rings. The van der Waals surface area contributed by atoms with Crippen LogP contribution in [0.5, 0.6) is 0 Å². The molecule has 1 N–H and O–H groups in total. The highest BCUT2D eigenvalue weighted by molar-refractivity contribution is 5.91. The van der Waals surface area contributed by atoms with Crippen molar-refractivity contribution in [3.05, 3.63) is 12.2 Å². The fourth-order valence-electron chi connectivity index (χ4n) is 1.87. The van der Waals surface area contributed by atoms with Gasteiger partial charge in [0.15, 0.2) is 0 Å². The number of hydrogen-bond acceptors (Lipinski definition) is 7. The van der Waals surface area contributed by atoms with Gasteiger partial charge in [-0.25, -0.2) is 9.59 Å². The quantitative estimate of drug-likeness (QED) is 0.482. The Bertz CT molecular complexity index is 351. The molecule has 7 heteroatoms. The summed E-state index contributed by atoms with van der Waals surface area (Å²) < 4.78 is 14.6. The van der Waals surface area contributed by atoms with E-state index in [4.69, 9.17) is 9.47 Å². The van der Waals surface area contributed by atoms with Crippen molar-refractivity contribution in [2.24, 2.45) is 5.92 Å². The summed E-state index contributed by atoms with van der Waals surface area (Å²) in [7, 11) is 1.23. The van der Waals surface area contributed by atoms with Crippen LogP contribution in [0.3, 0.4) is 0 Å². The largest absolute Gasteiger partial charge is 0.466 e. The molecule has 1 heterocycles. The van der Waals surface area contributed by atoms with Gasteiger partial charge in [0.2, 0.25) is 0 Å². The Morgan fingerprint density at radius 1 is 1.29 bits per heavy atom. The third kappa shape index (κ3) is 7.79. The molecule has 1 rings (SSSR count). The fourth-order valence-corrected chi connectivity index (χ4v) is 1.87. The number of ether oxygens (including phenoxy) is 3. The predicted molar refractivity (Wildman–Crippen MR) is 74.6 cm³/mol. The smallest absolute Gasteiger partial charge is 0.331 e. The lowest BCUT2D eigenvalue weighted by Crippen LogP contribution is -2.38. The second kappa shape index (κ2) is 10.3. The number of rotatable bonds is 8. The summed E-state index contributed by atoms with van der Waals surface area (Å²) in [4.78, 5) is 24.4. The third-order valence-corrected chi connectivity index (χ3v) is 3.23. The van der Waals surface area contributed by atoms with Crippen LogP contribution in [0.15, 0.2) is 12.2 Å². The van der Waals surface area contributed by atoms with E-state index in [1.807, 2.05) is 0 Å². The molecular formula is C14H23NO6. The van der Waals surface area contributed by atoms with Crippen molar-refractivity contribution in [2.75, 3.05) is 53.2 Å². The van der Waals surface area contributed by atoms with Gasteiger partial charge in [-0.1, -0.05) is 0 Å². The number of methoxy groups -OCH3 is 1. The molecule has 1 aliphatic heterocycles. The standard InChI is InChI=1S/C14H23NO6/c1-19-13(17)2-3-14(18)21-11-12(10-16)4-5-15-6-8-20-9-7-15/h2-3,12,16H,4-11H2,1H3/b3-2+. The molecule has 1 aliphatic rings. The molecule has 0 bridgehead atoms. The van der Waals surface area contributed by atoms with Gasteiger partial charge in [-0.2, -0.15) is 0 Å². The van der Waals surface area contributed by atoms with E-state index in [9.17, 15) is 14.7 Å². The SMILES string of the molecule is COC(=O)/C=C/C(=O)OCC(CO)CCN1CCOCC1. The topological polar surface area (TPSA) is 85.3 Å². The van der Waals surface area contributed by atoms with Gasteiger partial charge in [0, 0.05) is 37.8 Å². The average molecular weight is 301 g/mol. The van der Waals surface area contributed by atoms with Crippen LogP contribution in [-0.2, 0) is 23.8 Å². The van der Waals surface area contributed by atoms with Gasteiger partial charge in [-0.05, 0) is 13.0 Å². The molecular weight excluding hydrogens is 278 g/mol. The van der Waals surface area contributed by atoms with Crippen molar-refractivity contribution in [3.8, 4) is 0 Å².